The number of nitrogens with one attached hydrogen (secondary N) is 1. The minimum atomic E-state index is -0.664. The van der Waals surface area contributed by atoms with Crippen LogP contribution in [0.1, 0.15) is 47.5 Å². The second-order valence-corrected chi connectivity index (χ2v) is 8.08. The largest absolute Gasteiger partial charge is 0.456 e. The van der Waals surface area contributed by atoms with E-state index in [1.54, 1.807) is 10.8 Å². The fraction of sp³-hybridized carbons (Fsp3) is 0.857. The molecule has 1 amide bonds. The summed E-state index contributed by atoms with van der Waals surface area (Å²) in [6.45, 7) is 11.3. The van der Waals surface area contributed by atoms with Gasteiger partial charge in [-0.15, -0.1) is 0 Å². The van der Waals surface area contributed by atoms with Gasteiger partial charge in [0.15, 0.2) is 0 Å². The maximum Gasteiger partial charge on any atom is 0.407 e. The number of rotatable bonds is 10. The van der Waals surface area contributed by atoms with E-state index in [2.05, 4.69) is 43.5 Å². The Kier molecular flexibility index (Phi) is 17.1. The predicted molar refractivity (Wildman–Crippen MR) is 100 cm³/mol. The first-order valence-corrected chi connectivity index (χ1v) is 10.2. The van der Waals surface area contributed by atoms with Gasteiger partial charge in [-0.3, -0.25) is 0 Å². The quantitative estimate of drug-likeness (QED) is 0.250. The molecule has 0 spiro atoms. The molecule has 132 valence electrons. The Hall–Kier alpha value is -0.210. The zero-order chi connectivity index (χ0) is 17.4. The molecule has 0 fully saturated rings. The summed E-state index contributed by atoms with van der Waals surface area (Å²) in [6.07, 6.45) is 1.82. The lowest BCUT2D eigenvalue weighted by Gasteiger charge is -2.22. The Morgan fingerprint density at radius 1 is 1.18 bits per heavy atom. The van der Waals surface area contributed by atoms with Gasteiger partial charge in [0.25, 0.3) is 0 Å². The fourth-order valence-electron chi connectivity index (χ4n) is 1.36. The molecule has 0 bridgehead atoms. The highest BCUT2D eigenvalue weighted by atomic mass is 33.1. The lowest BCUT2D eigenvalue weighted by atomic mass is 10.1. The van der Waals surface area contributed by atoms with Crippen LogP contribution in [0.3, 0.4) is 0 Å². The Morgan fingerprint density at radius 2 is 1.82 bits per heavy atom. The van der Waals surface area contributed by atoms with Gasteiger partial charge in [0.05, 0.1) is 6.54 Å². The maximum atomic E-state index is 11.2. The number of ether oxygens (including phenoxy) is 2. The van der Waals surface area contributed by atoms with Gasteiger partial charge in [0.2, 0.25) is 0 Å². The second kappa shape index (κ2) is 15.7. The zero-order valence-corrected chi connectivity index (χ0v) is 16.7. The maximum absolute atomic E-state index is 11.2. The molecule has 1 N–H and O–H groups in total. The highest BCUT2D eigenvalue weighted by Gasteiger charge is 2.17. The van der Waals surface area contributed by atoms with E-state index >= 15 is 0 Å². The van der Waals surface area contributed by atoms with Crippen LogP contribution in [0, 0.1) is 0 Å². The van der Waals surface area contributed by atoms with Crippen molar-refractivity contribution in [1.82, 2.24) is 5.32 Å². The molecule has 0 unspecified atom stereocenters. The lowest BCUT2D eigenvalue weighted by Crippen LogP contribution is -2.28. The summed E-state index contributed by atoms with van der Waals surface area (Å²) in [7, 11) is 3.53. The van der Waals surface area contributed by atoms with E-state index in [0.29, 0.717) is 6.61 Å². The molecule has 5 nitrogen and oxygen atoms in total. The number of hydrogen-bond donors (Lipinski definition) is 2. The van der Waals surface area contributed by atoms with Crippen molar-refractivity contribution in [2.75, 3.05) is 25.5 Å². The van der Waals surface area contributed by atoms with Gasteiger partial charge in [0.1, 0.15) is 13.2 Å². The molecule has 0 rings (SSSR count). The first kappa shape index (κ1) is 24.0. The molecular weight excluding hydrogens is 342 g/mol. The molecule has 0 aromatic heterocycles. The van der Waals surface area contributed by atoms with Crippen molar-refractivity contribution in [1.29, 1.82) is 0 Å². The SMILES string of the molecule is CC.CCCC(C)(C)SSCCOC(=O)NCCOC(=O)S. The van der Waals surface area contributed by atoms with Gasteiger partial charge >= 0.3 is 11.4 Å². The van der Waals surface area contributed by atoms with Crippen molar-refractivity contribution in [2.45, 2.75) is 52.2 Å². The molecule has 0 radical (unpaired) electrons. The minimum Gasteiger partial charge on any atom is -0.456 e. The first-order valence-electron chi connectivity index (χ1n) is 7.44. The molecule has 0 atom stereocenters. The normalized spacial score (nSPS) is 10.3. The van der Waals surface area contributed by atoms with E-state index in [1.807, 2.05) is 24.6 Å². The Labute approximate surface area is 147 Å². The van der Waals surface area contributed by atoms with E-state index < -0.39 is 11.4 Å². The van der Waals surface area contributed by atoms with E-state index in [-0.39, 0.29) is 17.9 Å². The van der Waals surface area contributed by atoms with Crippen molar-refractivity contribution in [3.63, 3.8) is 0 Å². The predicted octanol–water partition coefficient (Wildman–Crippen LogP) is 4.77. The van der Waals surface area contributed by atoms with Crippen LogP contribution in [0.4, 0.5) is 9.59 Å². The van der Waals surface area contributed by atoms with Crippen molar-refractivity contribution in [3.05, 3.63) is 0 Å². The van der Waals surface area contributed by atoms with Crippen LogP contribution >= 0.6 is 34.2 Å². The molecular formula is C14H29NO4S3. The number of thiol groups is 1. The van der Waals surface area contributed by atoms with Crippen LogP contribution in [0.25, 0.3) is 0 Å². The summed E-state index contributed by atoms with van der Waals surface area (Å²) in [6, 6.07) is 0. The summed E-state index contributed by atoms with van der Waals surface area (Å²) < 4.78 is 9.77. The molecule has 22 heavy (non-hydrogen) atoms. The number of carbonyl (C=O) groups excluding carboxylic acids is 2. The third-order valence-corrected chi connectivity index (χ3v) is 5.58. The summed E-state index contributed by atoms with van der Waals surface area (Å²) in [5.74, 6) is 0.747. The van der Waals surface area contributed by atoms with E-state index in [9.17, 15) is 9.59 Å². The molecule has 0 aliphatic heterocycles. The molecule has 0 aliphatic rings. The van der Waals surface area contributed by atoms with Gasteiger partial charge in [-0.1, -0.05) is 61.4 Å². The topological polar surface area (TPSA) is 64.6 Å². The van der Waals surface area contributed by atoms with Crippen molar-refractivity contribution < 1.29 is 19.1 Å². The van der Waals surface area contributed by atoms with Crippen LogP contribution in [0.5, 0.6) is 0 Å². The van der Waals surface area contributed by atoms with Crippen LogP contribution in [-0.2, 0) is 9.47 Å². The van der Waals surface area contributed by atoms with Gasteiger partial charge in [-0.25, -0.2) is 9.59 Å². The highest BCUT2D eigenvalue weighted by molar-refractivity contribution is 8.77. The average molecular weight is 372 g/mol. The number of hydrogen-bond acceptors (Lipinski definition) is 6. The van der Waals surface area contributed by atoms with Gasteiger partial charge < -0.3 is 14.8 Å². The molecule has 8 heteroatoms. The van der Waals surface area contributed by atoms with E-state index in [1.165, 1.54) is 0 Å². The monoisotopic (exact) mass is 371 g/mol. The average Bonchev–Trinajstić information content (AvgIpc) is 2.45. The van der Waals surface area contributed by atoms with Crippen molar-refractivity contribution >= 4 is 45.6 Å². The van der Waals surface area contributed by atoms with Gasteiger partial charge in [-0.2, -0.15) is 0 Å². The Bertz CT molecular complexity index is 302. The summed E-state index contributed by atoms with van der Waals surface area (Å²) in [4.78, 5) is 21.6. The smallest absolute Gasteiger partial charge is 0.407 e. The number of carbonyl (C=O) groups is 2. The lowest BCUT2D eigenvalue weighted by molar-refractivity contribution is 0.145. The van der Waals surface area contributed by atoms with Crippen molar-refractivity contribution in [2.24, 2.45) is 0 Å². The van der Waals surface area contributed by atoms with E-state index in [0.717, 1.165) is 18.6 Å². The van der Waals surface area contributed by atoms with Gasteiger partial charge in [-0.05, 0) is 20.3 Å². The Morgan fingerprint density at radius 3 is 2.36 bits per heavy atom. The zero-order valence-electron chi connectivity index (χ0n) is 14.1. The minimum absolute atomic E-state index is 0.0905. The number of alkyl carbamates (subject to hydrolysis) is 1. The fourth-order valence-corrected chi connectivity index (χ4v) is 3.95. The first-order chi connectivity index (χ1) is 10.4. The second-order valence-electron chi connectivity index (χ2n) is 4.59. The highest BCUT2D eigenvalue weighted by Crippen LogP contribution is 2.38. The third kappa shape index (κ3) is 17.8. The third-order valence-electron chi connectivity index (χ3n) is 2.13. The summed E-state index contributed by atoms with van der Waals surface area (Å²) in [5.41, 5.74) is 0. The van der Waals surface area contributed by atoms with Gasteiger partial charge in [0, 0.05) is 10.5 Å². The van der Waals surface area contributed by atoms with Crippen LogP contribution in [0.15, 0.2) is 0 Å². The summed E-state index contributed by atoms with van der Waals surface area (Å²) >= 11 is 3.43. The van der Waals surface area contributed by atoms with Crippen LogP contribution in [-0.4, -0.2) is 41.7 Å². The van der Waals surface area contributed by atoms with Crippen molar-refractivity contribution in [3.8, 4) is 0 Å². The molecule has 0 aliphatic carbocycles. The molecule has 0 saturated carbocycles. The van der Waals surface area contributed by atoms with E-state index in [4.69, 9.17) is 4.74 Å². The number of amides is 1. The molecule has 0 heterocycles. The van der Waals surface area contributed by atoms with Crippen LogP contribution < -0.4 is 5.32 Å². The summed E-state index contributed by atoms with van der Waals surface area (Å²) in [5, 5.41) is 1.81. The molecule has 0 saturated heterocycles. The molecule has 0 aromatic carbocycles. The Balaban J connectivity index is 0. The van der Waals surface area contributed by atoms with Crippen LogP contribution in [0.2, 0.25) is 0 Å². The standard InChI is InChI=1S/C12H23NO4S3.C2H6/c1-4-5-12(2,3)20-19-9-8-16-10(14)13-6-7-17-11(15)18;1-2/h4-9H2,1-3H3,(H,13,14)(H,15,18);1-2H3. The molecule has 0 aromatic rings.